The van der Waals surface area contributed by atoms with Gasteiger partial charge in [0.15, 0.2) is 0 Å². The Hall–Kier alpha value is 0.729. The monoisotopic (exact) mass is 128 g/mol. The zero-order valence-corrected chi connectivity index (χ0v) is 3.68. The fourth-order valence-electron chi connectivity index (χ4n) is 0. The molecular formula is H5ClFeO2. The van der Waals surface area contributed by atoms with Crippen LogP contribution in [0.1, 0.15) is 0 Å². The van der Waals surface area contributed by atoms with Gasteiger partial charge in [0, 0.05) is 17.1 Å². The zero-order chi connectivity index (χ0) is 0. The van der Waals surface area contributed by atoms with Crippen molar-refractivity contribution in [2.45, 2.75) is 0 Å². The summed E-state index contributed by atoms with van der Waals surface area (Å²) in [7, 11) is 0. The summed E-state index contributed by atoms with van der Waals surface area (Å²) < 4.78 is 0. The van der Waals surface area contributed by atoms with Crippen LogP contribution in [0.5, 0.6) is 0 Å². The minimum absolute atomic E-state index is 0. The van der Waals surface area contributed by atoms with Gasteiger partial charge in [-0.05, 0) is 0 Å². The molecule has 0 aromatic rings. The number of halogens is 1. The Morgan fingerprint density at radius 2 is 0.750 bits per heavy atom. The second-order valence-electron chi connectivity index (χ2n) is 0. The number of hydrogen-bond donors (Lipinski definition) is 0. The Labute approximate surface area is 41.1 Å². The van der Waals surface area contributed by atoms with E-state index in [1.165, 1.54) is 0 Å². The minimum atomic E-state index is 0. The van der Waals surface area contributed by atoms with Crippen molar-refractivity contribution in [3.63, 3.8) is 0 Å². The standard InChI is InChI=1S/ClH.Fe.2H2O/h1H;;2*1H2. The van der Waals surface area contributed by atoms with E-state index in [-0.39, 0.29) is 40.4 Å². The molecule has 0 saturated carbocycles. The first kappa shape index (κ1) is 124. The van der Waals surface area contributed by atoms with Crippen molar-refractivity contribution in [3.8, 4) is 0 Å². The van der Waals surface area contributed by atoms with Gasteiger partial charge in [-0.25, -0.2) is 0 Å². The Morgan fingerprint density at radius 1 is 0.750 bits per heavy atom. The predicted octanol–water partition coefficient (Wildman–Crippen LogP) is -1.23. The van der Waals surface area contributed by atoms with Crippen LogP contribution < -0.4 is 0 Å². The molecule has 0 aromatic heterocycles. The largest absolute Gasteiger partial charge is 0.412 e. The molecule has 0 aliphatic carbocycles. The van der Waals surface area contributed by atoms with Gasteiger partial charge in [-0.1, -0.05) is 0 Å². The zero-order valence-electron chi connectivity index (χ0n) is 1.76. The van der Waals surface area contributed by atoms with Gasteiger partial charge in [0.2, 0.25) is 0 Å². The van der Waals surface area contributed by atoms with Gasteiger partial charge in [-0.2, -0.15) is 0 Å². The summed E-state index contributed by atoms with van der Waals surface area (Å²) in [6, 6.07) is 0. The summed E-state index contributed by atoms with van der Waals surface area (Å²) in [6.07, 6.45) is 0. The topological polar surface area (TPSA) is 63.0 Å². The molecule has 32 valence electrons. The first-order valence-electron chi connectivity index (χ1n) is 0. The average Bonchev–Trinajstić information content (AvgIpc) is 0. The van der Waals surface area contributed by atoms with Crippen LogP contribution in [0.15, 0.2) is 0 Å². The van der Waals surface area contributed by atoms with Gasteiger partial charge < -0.3 is 11.0 Å². The maximum atomic E-state index is 0. The summed E-state index contributed by atoms with van der Waals surface area (Å²) in [5.41, 5.74) is 0. The summed E-state index contributed by atoms with van der Waals surface area (Å²) in [5.74, 6) is 0. The van der Waals surface area contributed by atoms with E-state index in [0.717, 1.165) is 0 Å². The molecule has 0 aliphatic rings. The van der Waals surface area contributed by atoms with Crippen molar-refractivity contribution in [2.75, 3.05) is 0 Å². The first-order valence-corrected chi connectivity index (χ1v) is 0. The van der Waals surface area contributed by atoms with Gasteiger partial charge in [-0.3, -0.25) is 0 Å². The smallest absolute Gasteiger partial charge is 0 e. The summed E-state index contributed by atoms with van der Waals surface area (Å²) in [6.45, 7) is 0. The van der Waals surface area contributed by atoms with Crippen LogP contribution in [0.4, 0.5) is 0 Å². The molecule has 0 spiro atoms. The second kappa shape index (κ2) is 52.2. The second-order valence-corrected chi connectivity index (χ2v) is 0. The van der Waals surface area contributed by atoms with E-state index in [1.807, 2.05) is 0 Å². The van der Waals surface area contributed by atoms with Gasteiger partial charge in [0.1, 0.15) is 0 Å². The van der Waals surface area contributed by atoms with Crippen LogP contribution in [0, 0.1) is 0 Å². The Balaban J connectivity index is 0. The normalized spacial score (nSPS) is 0. The van der Waals surface area contributed by atoms with Gasteiger partial charge in [0.05, 0.1) is 0 Å². The van der Waals surface area contributed by atoms with E-state index in [0.29, 0.717) is 0 Å². The van der Waals surface area contributed by atoms with E-state index < -0.39 is 0 Å². The molecule has 0 saturated heterocycles. The van der Waals surface area contributed by atoms with Crippen molar-refractivity contribution < 1.29 is 28.0 Å². The summed E-state index contributed by atoms with van der Waals surface area (Å²) in [5, 5.41) is 0. The molecule has 0 atom stereocenters. The molecule has 0 aromatic carbocycles. The maximum Gasteiger partial charge on any atom is 0 e. The van der Waals surface area contributed by atoms with Crippen molar-refractivity contribution >= 4 is 12.4 Å². The molecule has 2 nitrogen and oxygen atoms in total. The molecule has 0 amide bonds. The molecule has 0 heterocycles. The van der Waals surface area contributed by atoms with Crippen LogP contribution in [-0.4, -0.2) is 11.0 Å². The average molecular weight is 128 g/mol. The quantitative estimate of drug-likeness (QED) is 0.367. The van der Waals surface area contributed by atoms with Crippen LogP contribution in [0.3, 0.4) is 0 Å². The van der Waals surface area contributed by atoms with Crippen molar-refractivity contribution in [2.24, 2.45) is 0 Å². The Kier molecular flexibility index (Phi) is 1610. The van der Waals surface area contributed by atoms with E-state index in [1.54, 1.807) is 0 Å². The minimum Gasteiger partial charge on any atom is -0.412 e. The predicted molar refractivity (Wildman–Crippen MR) is 14.5 cm³/mol. The van der Waals surface area contributed by atoms with E-state index >= 15 is 0 Å². The Morgan fingerprint density at radius 3 is 0.750 bits per heavy atom. The molecule has 0 aliphatic heterocycles. The first-order chi connectivity index (χ1) is 0. The molecule has 0 radical (unpaired) electrons. The Bertz CT molecular complexity index is 6.00. The van der Waals surface area contributed by atoms with Crippen molar-refractivity contribution in [1.29, 1.82) is 0 Å². The van der Waals surface area contributed by atoms with Gasteiger partial charge in [-0.15, -0.1) is 12.4 Å². The molecule has 0 fully saturated rings. The summed E-state index contributed by atoms with van der Waals surface area (Å²) >= 11 is 0. The molecule has 4 N–H and O–H groups in total. The van der Waals surface area contributed by atoms with E-state index in [4.69, 9.17) is 0 Å². The van der Waals surface area contributed by atoms with Crippen molar-refractivity contribution in [1.82, 2.24) is 0 Å². The fraction of sp³-hybridized carbons (Fsp3) is 0. The van der Waals surface area contributed by atoms with Crippen LogP contribution in [0.25, 0.3) is 0 Å². The third-order valence-electron chi connectivity index (χ3n) is 0. The van der Waals surface area contributed by atoms with Crippen molar-refractivity contribution in [3.05, 3.63) is 0 Å². The van der Waals surface area contributed by atoms with E-state index in [2.05, 4.69) is 0 Å². The van der Waals surface area contributed by atoms with Crippen LogP contribution >= 0.6 is 12.4 Å². The molecular weight excluding hydrogens is 123 g/mol. The molecule has 0 bridgehead atoms. The summed E-state index contributed by atoms with van der Waals surface area (Å²) in [4.78, 5) is 0. The third kappa shape index (κ3) is 15.3. The third-order valence-corrected chi connectivity index (χ3v) is 0. The number of hydrogen-bond acceptors (Lipinski definition) is 0. The SMILES string of the molecule is Cl.O.O.[Fe]. The molecule has 4 heavy (non-hydrogen) atoms. The van der Waals surface area contributed by atoms with Crippen LogP contribution in [-0.2, 0) is 17.1 Å². The van der Waals surface area contributed by atoms with Gasteiger partial charge >= 0.3 is 0 Å². The molecule has 0 rings (SSSR count). The molecule has 4 heteroatoms. The molecule has 0 unspecified atom stereocenters. The fourth-order valence-corrected chi connectivity index (χ4v) is 0. The maximum absolute atomic E-state index is 0. The number of rotatable bonds is 0. The van der Waals surface area contributed by atoms with Crippen LogP contribution in [0.2, 0.25) is 0 Å². The van der Waals surface area contributed by atoms with E-state index in [9.17, 15) is 0 Å². The van der Waals surface area contributed by atoms with Gasteiger partial charge in [0.25, 0.3) is 0 Å².